The summed E-state index contributed by atoms with van der Waals surface area (Å²) in [4.78, 5) is 23.1. The Morgan fingerprint density at radius 3 is 2.26 bits per heavy atom. The highest BCUT2D eigenvalue weighted by molar-refractivity contribution is 5.99. The zero-order valence-corrected chi connectivity index (χ0v) is 10.5. The smallest absolute Gasteiger partial charge is 0.248 e. The molecule has 1 aromatic rings. The zero-order chi connectivity index (χ0) is 13.9. The van der Waals surface area contributed by atoms with Gasteiger partial charge in [0.25, 0.3) is 0 Å². The van der Waals surface area contributed by atoms with E-state index in [1.807, 2.05) is 0 Å². The highest BCUT2D eigenvalue weighted by Gasteiger charge is 2.35. The number of anilines is 1. The van der Waals surface area contributed by atoms with Crippen molar-refractivity contribution in [1.29, 1.82) is 0 Å². The molecule has 0 aliphatic carbocycles. The number of ether oxygens (including phenoxy) is 1. The molecule has 5 N–H and O–H groups in total. The van der Waals surface area contributed by atoms with Crippen LogP contribution in [0.1, 0.15) is 23.2 Å². The molecule has 0 bridgehead atoms. The van der Waals surface area contributed by atoms with E-state index in [-0.39, 0.29) is 5.91 Å². The molecule has 0 radical (unpaired) electrons. The predicted molar refractivity (Wildman–Crippen MR) is 70.6 cm³/mol. The minimum Gasteiger partial charge on any atom is -0.381 e. The third kappa shape index (κ3) is 3.10. The molecule has 1 aliphatic rings. The van der Waals surface area contributed by atoms with Crippen molar-refractivity contribution in [2.75, 3.05) is 18.5 Å². The predicted octanol–water partition coefficient (Wildman–Crippen LogP) is 0.232. The maximum atomic E-state index is 12.1. The average molecular weight is 263 g/mol. The standard InChI is InChI=1S/C13H17N3O3/c14-11(17)9-1-3-10(4-2-9)16-12(18)13(15)5-7-19-8-6-13/h1-4H,5-8,15H2,(H2,14,17)(H,16,18). The van der Waals surface area contributed by atoms with E-state index >= 15 is 0 Å². The molecule has 1 aromatic carbocycles. The summed E-state index contributed by atoms with van der Waals surface area (Å²) in [7, 11) is 0. The van der Waals surface area contributed by atoms with E-state index in [0.717, 1.165) is 0 Å². The Labute approximate surface area is 111 Å². The first-order chi connectivity index (χ1) is 9.01. The summed E-state index contributed by atoms with van der Waals surface area (Å²) in [5.41, 5.74) is 11.3. The fourth-order valence-electron chi connectivity index (χ4n) is 1.94. The molecule has 19 heavy (non-hydrogen) atoms. The normalized spacial score (nSPS) is 17.7. The zero-order valence-electron chi connectivity index (χ0n) is 10.5. The Bertz CT molecular complexity index is 478. The van der Waals surface area contributed by atoms with Crippen LogP contribution in [0.5, 0.6) is 0 Å². The van der Waals surface area contributed by atoms with Crippen molar-refractivity contribution in [2.24, 2.45) is 11.5 Å². The Balaban J connectivity index is 2.04. The third-order valence-corrected chi connectivity index (χ3v) is 3.26. The first-order valence-corrected chi connectivity index (χ1v) is 6.09. The van der Waals surface area contributed by atoms with Gasteiger partial charge >= 0.3 is 0 Å². The molecule has 1 saturated heterocycles. The molecule has 0 spiro atoms. The summed E-state index contributed by atoms with van der Waals surface area (Å²) >= 11 is 0. The summed E-state index contributed by atoms with van der Waals surface area (Å²) in [6.07, 6.45) is 0.996. The van der Waals surface area contributed by atoms with Gasteiger partial charge in [-0.15, -0.1) is 0 Å². The number of benzene rings is 1. The van der Waals surface area contributed by atoms with Crippen LogP contribution in [-0.2, 0) is 9.53 Å². The van der Waals surface area contributed by atoms with Crippen LogP contribution in [0.3, 0.4) is 0 Å². The molecule has 6 nitrogen and oxygen atoms in total. The van der Waals surface area contributed by atoms with Crippen LogP contribution in [0.2, 0.25) is 0 Å². The SMILES string of the molecule is NC(=O)c1ccc(NC(=O)C2(N)CCOCC2)cc1. The highest BCUT2D eigenvalue weighted by Crippen LogP contribution is 2.20. The van der Waals surface area contributed by atoms with Gasteiger partial charge in [0.2, 0.25) is 11.8 Å². The summed E-state index contributed by atoms with van der Waals surface area (Å²) in [5.74, 6) is -0.736. The lowest BCUT2D eigenvalue weighted by Crippen LogP contribution is -2.54. The number of rotatable bonds is 3. The van der Waals surface area contributed by atoms with E-state index < -0.39 is 11.4 Å². The van der Waals surface area contributed by atoms with Gasteiger partial charge in [-0.2, -0.15) is 0 Å². The first kappa shape index (κ1) is 13.5. The van der Waals surface area contributed by atoms with Crippen molar-refractivity contribution >= 4 is 17.5 Å². The van der Waals surface area contributed by atoms with Gasteiger partial charge in [-0.1, -0.05) is 0 Å². The Hall–Kier alpha value is -1.92. The second kappa shape index (κ2) is 5.38. The van der Waals surface area contributed by atoms with Crippen molar-refractivity contribution in [2.45, 2.75) is 18.4 Å². The van der Waals surface area contributed by atoms with E-state index in [1.54, 1.807) is 24.3 Å². The summed E-state index contributed by atoms with van der Waals surface area (Å²) in [6.45, 7) is 0.981. The van der Waals surface area contributed by atoms with Crippen LogP contribution in [-0.4, -0.2) is 30.6 Å². The Morgan fingerprint density at radius 2 is 1.74 bits per heavy atom. The van der Waals surface area contributed by atoms with Gasteiger partial charge in [-0.05, 0) is 37.1 Å². The van der Waals surface area contributed by atoms with Crippen molar-refractivity contribution < 1.29 is 14.3 Å². The van der Waals surface area contributed by atoms with Gasteiger partial charge in [0.05, 0.1) is 0 Å². The topological polar surface area (TPSA) is 107 Å². The average Bonchev–Trinajstić information content (AvgIpc) is 2.40. The quantitative estimate of drug-likeness (QED) is 0.725. The molecule has 102 valence electrons. The number of amides is 2. The third-order valence-electron chi connectivity index (χ3n) is 3.26. The maximum Gasteiger partial charge on any atom is 0.248 e. The van der Waals surface area contributed by atoms with E-state index in [1.165, 1.54) is 0 Å². The number of nitrogens with one attached hydrogen (secondary N) is 1. The molecule has 0 atom stereocenters. The molecule has 0 aromatic heterocycles. The van der Waals surface area contributed by atoms with E-state index in [2.05, 4.69) is 5.32 Å². The Morgan fingerprint density at radius 1 is 1.16 bits per heavy atom. The molecule has 2 amide bonds. The van der Waals surface area contributed by atoms with Crippen LogP contribution < -0.4 is 16.8 Å². The van der Waals surface area contributed by atoms with Crippen LogP contribution in [0.25, 0.3) is 0 Å². The van der Waals surface area contributed by atoms with Gasteiger partial charge in [0, 0.05) is 24.5 Å². The fraction of sp³-hybridized carbons (Fsp3) is 0.385. The number of carbonyl (C=O) groups excluding carboxylic acids is 2. The van der Waals surface area contributed by atoms with Gasteiger partial charge in [-0.25, -0.2) is 0 Å². The molecule has 1 fully saturated rings. The summed E-state index contributed by atoms with van der Waals surface area (Å²) in [6, 6.07) is 6.37. The highest BCUT2D eigenvalue weighted by atomic mass is 16.5. The molecule has 0 unspecified atom stereocenters. The second-order valence-electron chi connectivity index (χ2n) is 4.66. The lowest BCUT2D eigenvalue weighted by Gasteiger charge is -2.31. The number of primary amides is 1. The van der Waals surface area contributed by atoms with Gasteiger partial charge in [-0.3, -0.25) is 9.59 Å². The number of hydrogen-bond donors (Lipinski definition) is 3. The van der Waals surface area contributed by atoms with Crippen LogP contribution in [0.4, 0.5) is 5.69 Å². The minimum absolute atomic E-state index is 0.234. The second-order valence-corrected chi connectivity index (χ2v) is 4.66. The largest absolute Gasteiger partial charge is 0.381 e. The van der Waals surface area contributed by atoms with Gasteiger partial charge in [0.1, 0.15) is 5.54 Å². The summed E-state index contributed by atoms with van der Waals surface area (Å²) < 4.78 is 5.20. The van der Waals surface area contributed by atoms with Crippen molar-refractivity contribution in [3.63, 3.8) is 0 Å². The molecule has 1 heterocycles. The van der Waals surface area contributed by atoms with Crippen molar-refractivity contribution in [3.8, 4) is 0 Å². The molecule has 6 heteroatoms. The minimum atomic E-state index is -0.888. The monoisotopic (exact) mass is 263 g/mol. The summed E-state index contributed by atoms with van der Waals surface area (Å²) in [5, 5.41) is 2.75. The maximum absolute atomic E-state index is 12.1. The first-order valence-electron chi connectivity index (χ1n) is 6.09. The van der Waals surface area contributed by atoms with Gasteiger partial charge in [0.15, 0.2) is 0 Å². The van der Waals surface area contributed by atoms with E-state index in [4.69, 9.17) is 16.2 Å². The van der Waals surface area contributed by atoms with Crippen LogP contribution in [0.15, 0.2) is 24.3 Å². The molecule has 2 rings (SSSR count). The molecule has 0 saturated carbocycles. The van der Waals surface area contributed by atoms with E-state index in [9.17, 15) is 9.59 Å². The van der Waals surface area contributed by atoms with Crippen LogP contribution in [0, 0.1) is 0 Å². The number of hydrogen-bond acceptors (Lipinski definition) is 4. The fourth-order valence-corrected chi connectivity index (χ4v) is 1.94. The molecular weight excluding hydrogens is 246 g/mol. The van der Waals surface area contributed by atoms with E-state index in [0.29, 0.717) is 37.3 Å². The van der Waals surface area contributed by atoms with Crippen LogP contribution >= 0.6 is 0 Å². The molecule has 1 aliphatic heterocycles. The number of carbonyl (C=O) groups is 2. The lowest BCUT2D eigenvalue weighted by molar-refractivity contribution is -0.124. The lowest BCUT2D eigenvalue weighted by atomic mass is 9.90. The molecular formula is C13H17N3O3. The number of nitrogens with two attached hydrogens (primary N) is 2. The Kier molecular flexibility index (Phi) is 3.82. The van der Waals surface area contributed by atoms with Crippen molar-refractivity contribution in [3.05, 3.63) is 29.8 Å². The van der Waals surface area contributed by atoms with Crippen molar-refractivity contribution in [1.82, 2.24) is 0 Å². The van der Waals surface area contributed by atoms with Gasteiger partial charge < -0.3 is 21.5 Å².